The lowest BCUT2D eigenvalue weighted by Gasteiger charge is -2.40. The molecule has 1 saturated heterocycles. The number of morpholine rings is 1. The van der Waals surface area contributed by atoms with E-state index < -0.39 is 0 Å². The lowest BCUT2D eigenvalue weighted by molar-refractivity contribution is -0.0412. The van der Waals surface area contributed by atoms with Gasteiger partial charge in [-0.25, -0.2) is 0 Å². The van der Waals surface area contributed by atoms with Crippen LogP contribution in [0.25, 0.3) is 0 Å². The van der Waals surface area contributed by atoms with Crippen LogP contribution < -0.4 is 5.73 Å². The summed E-state index contributed by atoms with van der Waals surface area (Å²) in [6.07, 6.45) is 5.76. The third-order valence-corrected chi connectivity index (χ3v) is 3.94. The number of ether oxygens (including phenoxy) is 1. The Labute approximate surface area is 93.0 Å². The summed E-state index contributed by atoms with van der Waals surface area (Å²) in [6.45, 7) is 6.22. The van der Waals surface area contributed by atoms with Crippen LogP contribution in [0.15, 0.2) is 0 Å². The molecule has 0 aromatic carbocycles. The van der Waals surface area contributed by atoms with Gasteiger partial charge in [-0.15, -0.1) is 0 Å². The number of rotatable bonds is 2. The maximum atomic E-state index is 5.72. The Hall–Kier alpha value is -0.120. The molecule has 2 aliphatic rings. The monoisotopic (exact) mass is 212 g/mol. The Morgan fingerprint density at radius 2 is 2.00 bits per heavy atom. The molecular formula is C12H24N2O. The van der Waals surface area contributed by atoms with Crippen molar-refractivity contribution < 1.29 is 4.74 Å². The maximum absolute atomic E-state index is 5.72. The van der Waals surface area contributed by atoms with E-state index in [1.165, 1.54) is 25.7 Å². The standard InChI is InChI=1S/C12H24N2O/c1-10-9-14(6-7-15-10)12-4-2-11(8-13)3-5-12/h10-12H,2-9,13H2,1H3. The topological polar surface area (TPSA) is 38.5 Å². The zero-order chi connectivity index (χ0) is 10.7. The molecule has 3 heteroatoms. The van der Waals surface area contributed by atoms with Crippen molar-refractivity contribution in [2.45, 2.75) is 44.8 Å². The fourth-order valence-electron chi connectivity index (χ4n) is 2.92. The van der Waals surface area contributed by atoms with Crippen LogP contribution in [0.2, 0.25) is 0 Å². The van der Waals surface area contributed by atoms with E-state index >= 15 is 0 Å². The highest BCUT2D eigenvalue weighted by molar-refractivity contribution is 4.82. The van der Waals surface area contributed by atoms with Gasteiger partial charge < -0.3 is 10.5 Å². The third-order valence-electron chi connectivity index (χ3n) is 3.94. The lowest BCUT2D eigenvalue weighted by atomic mass is 9.85. The quantitative estimate of drug-likeness (QED) is 0.748. The molecule has 2 N–H and O–H groups in total. The van der Waals surface area contributed by atoms with Gasteiger partial charge in [-0.3, -0.25) is 4.90 Å². The molecule has 0 radical (unpaired) electrons. The summed E-state index contributed by atoms with van der Waals surface area (Å²) >= 11 is 0. The molecule has 1 unspecified atom stereocenters. The molecular weight excluding hydrogens is 188 g/mol. The fourth-order valence-corrected chi connectivity index (χ4v) is 2.92. The maximum Gasteiger partial charge on any atom is 0.0674 e. The van der Waals surface area contributed by atoms with Crippen molar-refractivity contribution in [2.75, 3.05) is 26.2 Å². The normalized spacial score (nSPS) is 39.2. The Bertz CT molecular complexity index is 190. The summed E-state index contributed by atoms with van der Waals surface area (Å²) in [5.74, 6) is 0.791. The summed E-state index contributed by atoms with van der Waals surface area (Å²) in [7, 11) is 0. The van der Waals surface area contributed by atoms with Gasteiger partial charge in [0.15, 0.2) is 0 Å². The first-order chi connectivity index (χ1) is 7.29. The summed E-state index contributed by atoms with van der Waals surface area (Å²) < 4.78 is 5.58. The highest BCUT2D eigenvalue weighted by Gasteiger charge is 2.27. The van der Waals surface area contributed by atoms with Crippen LogP contribution in [0.1, 0.15) is 32.6 Å². The third kappa shape index (κ3) is 2.92. The Balaban J connectivity index is 1.79. The molecule has 2 rings (SSSR count). The molecule has 0 bridgehead atoms. The van der Waals surface area contributed by atoms with Crippen LogP contribution in [-0.2, 0) is 4.74 Å². The van der Waals surface area contributed by atoms with Crippen LogP contribution in [0.3, 0.4) is 0 Å². The highest BCUT2D eigenvalue weighted by atomic mass is 16.5. The van der Waals surface area contributed by atoms with Crippen LogP contribution >= 0.6 is 0 Å². The molecule has 0 spiro atoms. The van der Waals surface area contributed by atoms with Gasteiger partial charge in [0.25, 0.3) is 0 Å². The summed E-state index contributed by atoms with van der Waals surface area (Å²) in [5, 5.41) is 0. The highest BCUT2D eigenvalue weighted by Crippen LogP contribution is 2.27. The minimum absolute atomic E-state index is 0.422. The van der Waals surface area contributed by atoms with E-state index in [4.69, 9.17) is 10.5 Å². The molecule has 1 saturated carbocycles. The molecule has 1 aliphatic carbocycles. The first-order valence-electron chi connectivity index (χ1n) is 6.35. The predicted octanol–water partition coefficient (Wildman–Crippen LogP) is 1.22. The lowest BCUT2D eigenvalue weighted by Crippen LogP contribution is -2.48. The molecule has 1 atom stereocenters. The molecule has 1 heterocycles. The average Bonchev–Trinajstić information content (AvgIpc) is 2.29. The minimum atomic E-state index is 0.422. The van der Waals surface area contributed by atoms with Gasteiger partial charge in [-0.2, -0.15) is 0 Å². The Morgan fingerprint density at radius 3 is 2.60 bits per heavy atom. The first-order valence-corrected chi connectivity index (χ1v) is 6.35. The fraction of sp³-hybridized carbons (Fsp3) is 1.00. The van der Waals surface area contributed by atoms with Crippen molar-refractivity contribution in [1.29, 1.82) is 0 Å². The van der Waals surface area contributed by atoms with Crippen LogP contribution in [0.4, 0.5) is 0 Å². The van der Waals surface area contributed by atoms with Gasteiger partial charge in [0, 0.05) is 19.1 Å². The zero-order valence-electron chi connectivity index (χ0n) is 9.82. The second kappa shape index (κ2) is 5.28. The summed E-state index contributed by atoms with van der Waals surface area (Å²) in [6, 6.07) is 0.805. The summed E-state index contributed by atoms with van der Waals surface area (Å²) in [4.78, 5) is 2.63. The van der Waals surface area contributed by atoms with Gasteiger partial charge in [-0.1, -0.05) is 0 Å². The average molecular weight is 212 g/mol. The molecule has 0 amide bonds. The number of nitrogens with two attached hydrogens (primary N) is 1. The Kier molecular flexibility index (Phi) is 4.00. The Morgan fingerprint density at radius 1 is 1.27 bits per heavy atom. The SMILES string of the molecule is CC1CN(C2CCC(CN)CC2)CCO1. The van der Waals surface area contributed by atoms with Gasteiger partial charge in [0.1, 0.15) is 0 Å². The molecule has 2 fully saturated rings. The van der Waals surface area contributed by atoms with E-state index in [1.807, 2.05) is 0 Å². The van der Waals surface area contributed by atoms with Crippen molar-refractivity contribution in [3.8, 4) is 0 Å². The van der Waals surface area contributed by atoms with E-state index in [2.05, 4.69) is 11.8 Å². The smallest absolute Gasteiger partial charge is 0.0674 e. The van der Waals surface area contributed by atoms with Crippen molar-refractivity contribution in [3.63, 3.8) is 0 Å². The van der Waals surface area contributed by atoms with Crippen molar-refractivity contribution >= 4 is 0 Å². The minimum Gasteiger partial charge on any atom is -0.376 e. The second-order valence-corrected chi connectivity index (χ2v) is 5.09. The van der Waals surface area contributed by atoms with Gasteiger partial charge in [-0.05, 0) is 45.1 Å². The first kappa shape index (κ1) is 11.4. The molecule has 3 nitrogen and oxygen atoms in total. The van der Waals surface area contributed by atoms with Gasteiger partial charge in [0.2, 0.25) is 0 Å². The number of hydrogen-bond acceptors (Lipinski definition) is 3. The molecule has 1 aliphatic heterocycles. The molecule has 15 heavy (non-hydrogen) atoms. The van der Waals surface area contributed by atoms with Crippen LogP contribution in [0.5, 0.6) is 0 Å². The van der Waals surface area contributed by atoms with Crippen molar-refractivity contribution in [2.24, 2.45) is 11.7 Å². The number of hydrogen-bond donors (Lipinski definition) is 1. The molecule has 0 aromatic rings. The number of nitrogens with zero attached hydrogens (tertiary/aromatic N) is 1. The second-order valence-electron chi connectivity index (χ2n) is 5.09. The molecule has 0 aromatic heterocycles. The van der Waals surface area contributed by atoms with Crippen molar-refractivity contribution in [3.05, 3.63) is 0 Å². The predicted molar refractivity (Wildman–Crippen MR) is 61.8 cm³/mol. The zero-order valence-corrected chi connectivity index (χ0v) is 9.82. The van der Waals surface area contributed by atoms with Crippen LogP contribution in [0, 0.1) is 5.92 Å². The van der Waals surface area contributed by atoms with Gasteiger partial charge >= 0.3 is 0 Å². The summed E-state index contributed by atoms with van der Waals surface area (Å²) in [5.41, 5.74) is 5.72. The van der Waals surface area contributed by atoms with E-state index in [0.29, 0.717) is 6.10 Å². The van der Waals surface area contributed by atoms with Crippen LogP contribution in [-0.4, -0.2) is 43.3 Å². The molecule has 88 valence electrons. The van der Waals surface area contributed by atoms with E-state index in [9.17, 15) is 0 Å². The van der Waals surface area contributed by atoms with Gasteiger partial charge in [0.05, 0.1) is 12.7 Å². The van der Waals surface area contributed by atoms with E-state index in [1.54, 1.807) is 0 Å². The van der Waals surface area contributed by atoms with E-state index in [-0.39, 0.29) is 0 Å². The van der Waals surface area contributed by atoms with Crippen molar-refractivity contribution in [1.82, 2.24) is 4.90 Å². The largest absolute Gasteiger partial charge is 0.376 e. The van der Waals surface area contributed by atoms with E-state index in [0.717, 1.165) is 38.2 Å².